The number of rotatable bonds is 3. The molecule has 0 aliphatic rings. The Bertz CT molecular complexity index is 717. The molecule has 20 heavy (non-hydrogen) atoms. The minimum atomic E-state index is 0.678. The maximum absolute atomic E-state index is 5.83. The highest BCUT2D eigenvalue weighted by Crippen LogP contribution is 2.29. The summed E-state index contributed by atoms with van der Waals surface area (Å²) in [5.41, 5.74) is 3.32. The lowest BCUT2D eigenvalue weighted by Crippen LogP contribution is -1.77. The molecule has 1 N–H and O–H groups in total. The standard InChI is InChI=1S/C15H11ClN4/c16-12-6-8-13(9-7-12)18-19-14-10-17-20-15(14)11-4-2-1-3-5-11/h1-10H,(H,17,20). The van der Waals surface area contributed by atoms with Crippen LogP contribution in [0.5, 0.6) is 0 Å². The summed E-state index contributed by atoms with van der Waals surface area (Å²) in [5, 5.41) is 16.1. The fourth-order valence-electron chi connectivity index (χ4n) is 1.79. The molecule has 0 saturated heterocycles. The highest BCUT2D eigenvalue weighted by atomic mass is 35.5. The first-order chi connectivity index (χ1) is 9.83. The van der Waals surface area contributed by atoms with Crippen LogP contribution in [0.1, 0.15) is 0 Å². The SMILES string of the molecule is Clc1ccc(N=Nc2cn[nH]c2-c2ccccc2)cc1. The summed E-state index contributed by atoms with van der Waals surface area (Å²) in [6, 6.07) is 17.1. The van der Waals surface area contributed by atoms with Crippen LogP contribution in [-0.4, -0.2) is 10.2 Å². The highest BCUT2D eigenvalue weighted by molar-refractivity contribution is 6.30. The molecule has 3 rings (SSSR count). The predicted octanol–water partition coefficient (Wildman–Crippen LogP) is 5.15. The Morgan fingerprint density at radius 2 is 1.65 bits per heavy atom. The second-order valence-electron chi connectivity index (χ2n) is 4.17. The minimum Gasteiger partial charge on any atom is -0.275 e. The largest absolute Gasteiger partial charge is 0.275 e. The molecule has 4 nitrogen and oxygen atoms in total. The van der Waals surface area contributed by atoms with Gasteiger partial charge in [-0.15, -0.1) is 5.11 Å². The molecule has 0 radical (unpaired) electrons. The van der Waals surface area contributed by atoms with Gasteiger partial charge in [-0.2, -0.15) is 10.2 Å². The van der Waals surface area contributed by atoms with Crippen LogP contribution < -0.4 is 0 Å². The topological polar surface area (TPSA) is 53.4 Å². The molecular formula is C15H11ClN4. The van der Waals surface area contributed by atoms with Gasteiger partial charge >= 0.3 is 0 Å². The molecule has 0 aliphatic carbocycles. The first-order valence-electron chi connectivity index (χ1n) is 6.09. The van der Waals surface area contributed by atoms with E-state index < -0.39 is 0 Å². The van der Waals surface area contributed by atoms with Gasteiger partial charge in [-0.3, -0.25) is 5.10 Å². The van der Waals surface area contributed by atoms with Crippen LogP contribution in [0.3, 0.4) is 0 Å². The molecule has 0 aliphatic heterocycles. The average Bonchev–Trinajstić information content (AvgIpc) is 2.96. The number of azo groups is 1. The maximum Gasteiger partial charge on any atom is 0.131 e. The van der Waals surface area contributed by atoms with Crippen molar-refractivity contribution in [2.45, 2.75) is 0 Å². The fourth-order valence-corrected chi connectivity index (χ4v) is 1.92. The number of hydrogen-bond donors (Lipinski definition) is 1. The zero-order valence-electron chi connectivity index (χ0n) is 10.5. The molecule has 0 saturated carbocycles. The van der Waals surface area contributed by atoms with Gasteiger partial charge in [0.15, 0.2) is 0 Å². The third kappa shape index (κ3) is 2.75. The Morgan fingerprint density at radius 1 is 0.900 bits per heavy atom. The van der Waals surface area contributed by atoms with E-state index in [1.54, 1.807) is 18.3 Å². The van der Waals surface area contributed by atoms with E-state index in [2.05, 4.69) is 20.4 Å². The second-order valence-corrected chi connectivity index (χ2v) is 4.61. The Labute approximate surface area is 121 Å². The van der Waals surface area contributed by atoms with Crippen molar-refractivity contribution in [2.75, 3.05) is 0 Å². The van der Waals surface area contributed by atoms with Crippen LogP contribution >= 0.6 is 11.6 Å². The first kappa shape index (κ1) is 12.6. The van der Waals surface area contributed by atoms with Crippen molar-refractivity contribution in [3.8, 4) is 11.3 Å². The number of hydrogen-bond acceptors (Lipinski definition) is 3. The van der Waals surface area contributed by atoms with Gasteiger partial charge in [0.05, 0.1) is 17.6 Å². The van der Waals surface area contributed by atoms with E-state index >= 15 is 0 Å². The number of benzene rings is 2. The normalized spacial score (nSPS) is 11.1. The van der Waals surface area contributed by atoms with Crippen molar-refractivity contribution in [3.63, 3.8) is 0 Å². The summed E-state index contributed by atoms with van der Waals surface area (Å²) in [6.07, 6.45) is 1.65. The lowest BCUT2D eigenvalue weighted by Gasteiger charge is -1.98. The molecule has 0 unspecified atom stereocenters. The molecule has 3 aromatic rings. The number of aromatic amines is 1. The van der Waals surface area contributed by atoms with Crippen molar-refractivity contribution >= 4 is 23.0 Å². The van der Waals surface area contributed by atoms with Crippen LogP contribution in [0.25, 0.3) is 11.3 Å². The number of halogens is 1. The monoisotopic (exact) mass is 282 g/mol. The van der Waals surface area contributed by atoms with Crippen molar-refractivity contribution < 1.29 is 0 Å². The van der Waals surface area contributed by atoms with E-state index in [0.29, 0.717) is 10.7 Å². The molecule has 0 spiro atoms. The Hall–Kier alpha value is -2.46. The van der Waals surface area contributed by atoms with Crippen molar-refractivity contribution in [1.82, 2.24) is 10.2 Å². The number of nitrogens with zero attached hydrogens (tertiary/aromatic N) is 3. The van der Waals surface area contributed by atoms with Gasteiger partial charge in [0.2, 0.25) is 0 Å². The molecule has 0 atom stereocenters. The molecule has 0 fully saturated rings. The minimum absolute atomic E-state index is 0.678. The molecule has 1 aromatic heterocycles. The molecule has 0 amide bonds. The van der Waals surface area contributed by atoms with E-state index in [-0.39, 0.29) is 0 Å². The van der Waals surface area contributed by atoms with E-state index in [0.717, 1.165) is 16.9 Å². The smallest absolute Gasteiger partial charge is 0.131 e. The summed E-state index contributed by atoms with van der Waals surface area (Å²) in [5.74, 6) is 0. The molecule has 1 heterocycles. The van der Waals surface area contributed by atoms with Crippen LogP contribution in [0, 0.1) is 0 Å². The third-order valence-electron chi connectivity index (χ3n) is 2.78. The van der Waals surface area contributed by atoms with Gasteiger partial charge < -0.3 is 0 Å². The van der Waals surface area contributed by atoms with Gasteiger partial charge in [0.1, 0.15) is 5.69 Å². The number of H-pyrrole nitrogens is 1. The molecule has 0 bridgehead atoms. The molecule has 2 aromatic carbocycles. The maximum atomic E-state index is 5.83. The summed E-state index contributed by atoms with van der Waals surface area (Å²) >= 11 is 5.83. The van der Waals surface area contributed by atoms with E-state index in [1.807, 2.05) is 42.5 Å². The van der Waals surface area contributed by atoms with Crippen molar-refractivity contribution in [2.24, 2.45) is 10.2 Å². The quantitative estimate of drug-likeness (QED) is 0.664. The second kappa shape index (κ2) is 5.67. The Morgan fingerprint density at radius 3 is 2.40 bits per heavy atom. The van der Waals surface area contributed by atoms with Crippen molar-refractivity contribution in [1.29, 1.82) is 0 Å². The molecule has 5 heteroatoms. The summed E-state index contributed by atoms with van der Waals surface area (Å²) in [7, 11) is 0. The lowest BCUT2D eigenvalue weighted by molar-refractivity contribution is 1.10. The van der Waals surface area contributed by atoms with Gasteiger partial charge in [0.25, 0.3) is 0 Å². The molecular weight excluding hydrogens is 272 g/mol. The third-order valence-corrected chi connectivity index (χ3v) is 3.03. The summed E-state index contributed by atoms with van der Waals surface area (Å²) < 4.78 is 0. The van der Waals surface area contributed by atoms with Gasteiger partial charge in [0, 0.05) is 10.6 Å². The van der Waals surface area contributed by atoms with Crippen LogP contribution in [-0.2, 0) is 0 Å². The van der Waals surface area contributed by atoms with Crippen LogP contribution in [0.15, 0.2) is 71.0 Å². The zero-order valence-corrected chi connectivity index (χ0v) is 11.2. The van der Waals surface area contributed by atoms with Gasteiger partial charge in [-0.25, -0.2) is 0 Å². The van der Waals surface area contributed by atoms with Gasteiger partial charge in [-0.1, -0.05) is 41.9 Å². The van der Waals surface area contributed by atoms with Crippen molar-refractivity contribution in [3.05, 3.63) is 65.8 Å². The van der Waals surface area contributed by atoms with Crippen LogP contribution in [0.2, 0.25) is 5.02 Å². The average molecular weight is 283 g/mol. The van der Waals surface area contributed by atoms with E-state index in [1.165, 1.54) is 0 Å². The van der Waals surface area contributed by atoms with Gasteiger partial charge in [-0.05, 0) is 24.3 Å². The summed E-state index contributed by atoms with van der Waals surface area (Å²) in [4.78, 5) is 0. The number of aromatic nitrogens is 2. The summed E-state index contributed by atoms with van der Waals surface area (Å²) in [6.45, 7) is 0. The number of nitrogens with one attached hydrogen (secondary N) is 1. The van der Waals surface area contributed by atoms with E-state index in [9.17, 15) is 0 Å². The first-order valence-corrected chi connectivity index (χ1v) is 6.47. The van der Waals surface area contributed by atoms with Crippen LogP contribution in [0.4, 0.5) is 11.4 Å². The van der Waals surface area contributed by atoms with E-state index in [4.69, 9.17) is 11.6 Å². The molecule has 98 valence electrons. The lowest BCUT2D eigenvalue weighted by atomic mass is 10.1. The highest BCUT2D eigenvalue weighted by Gasteiger charge is 2.06. The Kier molecular flexibility index (Phi) is 3.56. The predicted molar refractivity (Wildman–Crippen MR) is 79.7 cm³/mol. The zero-order chi connectivity index (χ0) is 13.8. The Balaban J connectivity index is 1.89. The fraction of sp³-hybridized carbons (Fsp3) is 0.